The summed E-state index contributed by atoms with van der Waals surface area (Å²) in [5.41, 5.74) is 0.768. The van der Waals surface area contributed by atoms with Crippen LogP contribution in [0.25, 0.3) is 0 Å². The maximum absolute atomic E-state index is 11.3. The first-order valence-electron chi connectivity index (χ1n) is 8.49. The van der Waals surface area contributed by atoms with Gasteiger partial charge in [-0.05, 0) is 43.4 Å². The second-order valence-electron chi connectivity index (χ2n) is 6.69. The second kappa shape index (κ2) is 7.09. The fraction of sp³-hybridized carbons (Fsp3) is 0.611. The van der Waals surface area contributed by atoms with Crippen molar-refractivity contribution in [1.82, 2.24) is 4.90 Å². The number of carboxylic acids is 1. The molecule has 2 aliphatic rings. The molecule has 0 radical (unpaired) electrons. The van der Waals surface area contributed by atoms with Gasteiger partial charge >= 0.3 is 5.97 Å². The maximum Gasteiger partial charge on any atom is 0.339 e. The number of aromatic carboxylic acids is 1. The molecule has 0 bridgehead atoms. The van der Waals surface area contributed by atoms with E-state index in [1.807, 2.05) is 6.07 Å². The Bertz CT molecular complexity index is 595. The minimum absolute atomic E-state index is 0.189. The molecule has 6 nitrogen and oxygen atoms in total. The van der Waals surface area contributed by atoms with Crippen molar-refractivity contribution >= 4 is 5.97 Å². The summed E-state index contributed by atoms with van der Waals surface area (Å²) >= 11 is 0. The van der Waals surface area contributed by atoms with Crippen molar-refractivity contribution in [2.75, 3.05) is 26.8 Å². The Balaban J connectivity index is 1.64. The number of rotatable bonds is 4. The molecule has 3 rings (SSSR count). The van der Waals surface area contributed by atoms with Gasteiger partial charge in [0.2, 0.25) is 0 Å². The Morgan fingerprint density at radius 3 is 2.79 bits per heavy atom. The summed E-state index contributed by atoms with van der Waals surface area (Å²) in [5.74, 6) is -0.604. The Kier molecular flexibility index (Phi) is 5.08. The third-order valence-corrected chi connectivity index (χ3v) is 5.22. The highest BCUT2D eigenvalue weighted by Crippen LogP contribution is 2.35. The van der Waals surface area contributed by atoms with Crippen molar-refractivity contribution in [3.8, 4) is 5.75 Å². The van der Waals surface area contributed by atoms with E-state index in [9.17, 15) is 15.0 Å². The van der Waals surface area contributed by atoms with Crippen molar-refractivity contribution in [2.45, 2.75) is 43.9 Å². The summed E-state index contributed by atoms with van der Waals surface area (Å²) in [4.78, 5) is 13.6. The van der Waals surface area contributed by atoms with E-state index >= 15 is 0 Å². The van der Waals surface area contributed by atoms with Crippen molar-refractivity contribution in [3.63, 3.8) is 0 Å². The smallest absolute Gasteiger partial charge is 0.339 e. The Morgan fingerprint density at radius 1 is 1.42 bits per heavy atom. The molecule has 2 heterocycles. The SMILES string of the molecule is COc1ccc(CN2CCC3(CC2)OCCCC3O)cc1C(=O)O. The summed E-state index contributed by atoms with van der Waals surface area (Å²) in [7, 11) is 1.47. The molecule has 1 aromatic carbocycles. The molecular weight excluding hydrogens is 310 g/mol. The molecule has 0 aromatic heterocycles. The first kappa shape index (κ1) is 17.2. The molecule has 6 heteroatoms. The summed E-state index contributed by atoms with van der Waals surface area (Å²) < 4.78 is 11.0. The van der Waals surface area contributed by atoms with Crippen LogP contribution >= 0.6 is 0 Å². The topological polar surface area (TPSA) is 79.2 Å². The van der Waals surface area contributed by atoms with Gasteiger partial charge in [0, 0.05) is 26.2 Å². The molecule has 0 amide bonds. The molecule has 2 fully saturated rings. The van der Waals surface area contributed by atoms with Gasteiger partial charge in [0.1, 0.15) is 11.3 Å². The average Bonchev–Trinajstić information content (AvgIpc) is 2.59. The van der Waals surface area contributed by atoms with Gasteiger partial charge in [-0.25, -0.2) is 4.79 Å². The zero-order valence-electron chi connectivity index (χ0n) is 14.0. The second-order valence-corrected chi connectivity index (χ2v) is 6.69. The molecule has 2 N–H and O–H groups in total. The molecule has 2 saturated heterocycles. The van der Waals surface area contributed by atoms with Crippen molar-refractivity contribution < 1.29 is 24.5 Å². The fourth-order valence-electron chi connectivity index (χ4n) is 3.76. The van der Waals surface area contributed by atoms with E-state index in [-0.39, 0.29) is 17.3 Å². The number of hydrogen-bond acceptors (Lipinski definition) is 5. The molecule has 1 aromatic rings. The highest BCUT2D eigenvalue weighted by molar-refractivity contribution is 5.91. The number of hydrogen-bond donors (Lipinski definition) is 2. The van der Waals surface area contributed by atoms with Gasteiger partial charge in [-0.1, -0.05) is 6.07 Å². The van der Waals surface area contributed by atoms with Crippen LogP contribution in [-0.2, 0) is 11.3 Å². The van der Waals surface area contributed by atoms with E-state index in [4.69, 9.17) is 9.47 Å². The third-order valence-electron chi connectivity index (χ3n) is 5.22. The summed E-state index contributed by atoms with van der Waals surface area (Å²) in [5, 5.41) is 19.6. The van der Waals surface area contributed by atoms with Crippen LogP contribution in [0.3, 0.4) is 0 Å². The molecule has 0 aliphatic carbocycles. The first-order chi connectivity index (χ1) is 11.5. The lowest BCUT2D eigenvalue weighted by Gasteiger charge is -2.46. The zero-order chi connectivity index (χ0) is 17.2. The Morgan fingerprint density at radius 2 is 2.17 bits per heavy atom. The van der Waals surface area contributed by atoms with Gasteiger partial charge in [-0.15, -0.1) is 0 Å². The minimum atomic E-state index is -0.981. The van der Waals surface area contributed by atoms with E-state index in [1.54, 1.807) is 12.1 Å². The van der Waals surface area contributed by atoms with Crippen molar-refractivity contribution in [1.29, 1.82) is 0 Å². The fourth-order valence-corrected chi connectivity index (χ4v) is 3.76. The lowest BCUT2D eigenvalue weighted by atomic mass is 9.82. The van der Waals surface area contributed by atoms with Crippen LogP contribution in [0.15, 0.2) is 18.2 Å². The number of carboxylic acid groups (broad SMARTS) is 1. The van der Waals surface area contributed by atoms with Crippen LogP contribution in [0.1, 0.15) is 41.6 Å². The molecule has 1 atom stereocenters. The zero-order valence-corrected chi connectivity index (χ0v) is 14.0. The van der Waals surface area contributed by atoms with E-state index in [0.717, 1.165) is 50.9 Å². The molecule has 24 heavy (non-hydrogen) atoms. The number of nitrogens with zero attached hydrogens (tertiary/aromatic N) is 1. The third kappa shape index (κ3) is 3.41. The number of aliphatic hydroxyl groups excluding tert-OH is 1. The van der Waals surface area contributed by atoms with Gasteiger partial charge in [0.15, 0.2) is 0 Å². The summed E-state index contributed by atoms with van der Waals surface area (Å²) in [6, 6.07) is 5.29. The van der Waals surface area contributed by atoms with Crippen LogP contribution in [-0.4, -0.2) is 59.6 Å². The lowest BCUT2D eigenvalue weighted by Crippen LogP contribution is -2.55. The number of ether oxygens (including phenoxy) is 2. The number of aliphatic hydroxyl groups is 1. The van der Waals surface area contributed by atoms with Crippen molar-refractivity contribution in [3.05, 3.63) is 29.3 Å². The average molecular weight is 335 g/mol. The van der Waals surface area contributed by atoms with Gasteiger partial charge in [0.25, 0.3) is 0 Å². The molecule has 132 valence electrons. The first-order valence-corrected chi connectivity index (χ1v) is 8.49. The molecule has 2 aliphatic heterocycles. The van der Waals surface area contributed by atoms with Crippen LogP contribution in [0.2, 0.25) is 0 Å². The molecule has 1 unspecified atom stereocenters. The van der Waals surface area contributed by atoms with Gasteiger partial charge in [0.05, 0.1) is 18.8 Å². The predicted octanol–water partition coefficient (Wildman–Crippen LogP) is 1.90. The molecule has 0 saturated carbocycles. The number of benzene rings is 1. The van der Waals surface area contributed by atoms with E-state index in [0.29, 0.717) is 12.3 Å². The van der Waals surface area contributed by atoms with Crippen molar-refractivity contribution in [2.24, 2.45) is 0 Å². The van der Waals surface area contributed by atoms with Crippen LogP contribution < -0.4 is 4.74 Å². The maximum atomic E-state index is 11.3. The standard InChI is InChI=1S/C18H25NO5/c1-23-15-5-4-13(11-14(15)17(21)22)12-19-8-6-18(7-9-19)16(20)3-2-10-24-18/h4-5,11,16,20H,2-3,6-10,12H2,1H3,(H,21,22). The highest BCUT2D eigenvalue weighted by Gasteiger charge is 2.43. The van der Waals surface area contributed by atoms with E-state index in [2.05, 4.69) is 4.90 Å². The monoisotopic (exact) mass is 335 g/mol. The number of likely N-dealkylation sites (tertiary alicyclic amines) is 1. The van der Waals surface area contributed by atoms with E-state index < -0.39 is 5.97 Å². The summed E-state index contributed by atoms with van der Waals surface area (Å²) in [6.45, 7) is 3.10. The number of methoxy groups -OCH3 is 1. The van der Waals surface area contributed by atoms with Gasteiger partial charge < -0.3 is 19.7 Å². The summed E-state index contributed by atoms with van der Waals surface area (Å²) in [6.07, 6.45) is 3.01. The quantitative estimate of drug-likeness (QED) is 0.875. The van der Waals surface area contributed by atoms with Crippen LogP contribution in [0.5, 0.6) is 5.75 Å². The van der Waals surface area contributed by atoms with Gasteiger partial charge in [-0.2, -0.15) is 0 Å². The van der Waals surface area contributed by atoms with Crippen LogP contribution in [0.4, 0.5) is 0 Å². The number of piperidine rings is 1. The van der Waals surface area contributed by atoms with E-state index in [1.165, 1.54) is 7.11 Å². The largest absolute Gasteiger partial charge is 0.496 e. The lowest BCUT2D eigenvalue weighted by molar-refractivity contribution is -0.177. The Labute approximate surface area is 142 Å². The minimum Gasteiger partial charge on any atom is -0.496 e. The Hall–Kier alpha value is -1.63. The van der Waals surface area contributed by atoms with Crippen LogP contribution in [0, 0.1) is 0 Å². The highest BCUT2D eigenvalue weighted by atomic mass is 16.5. The normalized spacial score (nSPS) is 24.0. The predicted molar refractivity (Wildman–Crippen MR) is 88.4 cm³/mol. The van der Waals surface area contributed by atoms with Gasteiger partial charge in [-0.3, -0.25) is 4.90 Å². The molecule has 1 spiro atoms. The number of carbonyl (C=O) groups is 1. The molecular formula is C18H25NO5.